The van der Waals surface area contributed by atoms with Gasteiger partial charge in [0, 0.05) is 0 Å². The molecule has 0 saturated heterocycles. The molecule has 0 aliphatic rings. The van der Waals surface area contributed by atoms with Gasteiger partial charge in [-0.2, -0.15) is 0 Å². The minimum Gasteiger partial charge on any atom is -0.478 e. The van der Waals surface area contributed by atoms with Crippen LogP contribution in [0.15, 0.2) is 47.4 Å². The molecule has 0 aromatic heterocycles. The lowest BCUT2D eigenvalue weighted by Gasteiger charge is -2.21. The van der Waals surface area contributed by atoms with E-state index in [4.69, 9.17) is 5.11 Å². The molecule has 0 spiro atoms. The molecule has 0 saturated carbocycles. The Morgan fingerprint density at radius 1 is 0.960 bits per heavy atom. The Balaban J connectivity index is 2.55. The van der Waals surface area contributed by atoms with Gasteiger partial charge < -0.3 is 5.11 Å². The summed E-state index contributed by atoms with van der Waals surface area (Å²) in [5, 5.41) is 9.08. The zero-order valence-electron chi connectivity index (χ0n) is 14.8. The first-order valence-corrected chi connectivity index (χ1v) is 9.60. The predicted octanol–water partition coefficient (Wildman–Crippen LogP) is 4.43. The Morgan fingerprint density at radius 2 is 1.48 bits per heavy atom. The summed E-state index contributed by atoms with van der Waals surface area (Å²) in [6.07, 6.45) is 0. The molecule has 5 nitrogen and oxygen atoms in total. The smallest absolute Gasteiger partial charge is 0.335 e. The number of carboxylic acids is 1. The maximum atomic E-state index is 12.8. The predicted molar refractivity (Wildman–Crippen MR) is 98.8 cm³/mol. The third kappa shape index (κ3) is 4.20. The quantitative estimate of drug-likeness (QED) is 0.797. The van der Waals surface area contributed by atoms with Crippen LogP contribution in [0.3, 0.4) is 0 Å². The number of nitrogens with one attached hydrogen (secondary N) is 1. The van der Waals surface area contributed by atoms with E-state index in [2.05, 4.69) is 4.72 Å². The number of para-hydroxylation sites is 1. The van der Waals surface area contributed by atoms with Crippen LogP contribution in [0.4, 0.5) is 5.69 Å². The van der Waals surface area contributed by atoms with E-state index in [9.17, 15) is 13.2 Å². The van der Waals surface area contributed by atoms with Gasteiger partial charge in [-0.05, 0) is 41.2 Å². The second-order valence-corrected chi connectivity index (χ2v) is 8.24. The van der Waals surface area contributed by atoms with Crippen molar-refractivity contribution in [2.24, 2.45) is 0 Å². The Hall–Kier alpha value is -2.34. The van der Waals surface area contributed by atoms with Crippen molar-refractivity contribution in [3.05, 3.63) is 59.2 Å². The summed E-state index contributed by atoms with van der Waals surface area (Å²) >= 11 is 0. The second kappa shape index (κ2) is 7.27. The molecule has 0 fully saturated rings. The topological polar surface area (TPSA) is 83.5 Å². The van der Waals surface area contributed by atoms with Gasteiger partial charge in [0.1, 0.15) is 0 Å². The Morgan fingerprint density at radius 3 is 1.96 bits per heavy atom. The minimum atomic E-state index is -3.89. The van der Waals surface area contributed by atoms with Gasteiger partial charge in [0.15, 0.2) is 0 Å². The Bertz CT molecular complexity index is 860. The van der Waals surface area contributed by atoms with E-state index in [-0.39, 0.29) is 22.3 Å². The molecule has 2 aromatic carbocycles. The number of rotatable bonds is 6. The number of carboxylic acid groups (broad SMARTS) is 1. The van der Waals surface area contributed by atoms with Crippen LogP contribution in [0.25, 0.3) is 0 Å². The Kier molecular flexibility index (Phi) is 5.52. The monoisotopic (exact) mass is 361 g/mol. The van der Waals surface area contributed by atoms with Crippen LogP contribution in [0.5, 0.6) is 0 Å². The first-order valence-electron chi connectivity index (χ1n) is 8.12. The van der Waals surface area contributed by atoms with Gasteiger partial charge in [-0.15, -0.1) is 0 Å². The van der Waals surface area contributed by atoms with Crippen molar-refractivity contribution in [3.63, 3.8) is 0 Å². The zero-order valence-corrected chi connectivity index (χ0v) is 15.6. The summed E-state index contributed by atoms with van der Waals surface area (Å²) in [6, 6.07) is 11.1. The lowest BCUT2D eigenvalue weighted by molar-refractivity contribution is 0.0696. The number of hydrogen-bond acceptors (Lipinski definition) is 3. The first-order chi connectivity index (χ1) is 11.6. The van der Waals surface area contributed by atoms with Crippen molar-refractivity contribution >= 4 is 21.7 Å². The van der Waals surface area contributed by atoms with Crippen LogP contribution >= 0.6 is 0 Å². The van der Waals surface area contributed by atoms with Crippen molar-refractivity contribution in [1.29, 1.82) is 0 Å². The summed E-state index contributed by atoms with van der Waals surface area (Å²) in [4.78, 5) is 11.0. The van der Waals surface area contributed by atoms with Crippen molar-refractivity contribution < 1.29 is 18.3 Å². The van der Waals surface area contributed by atoms with E-state index in [1.54, 1.807) is 0 Å². The average Bonchev–Trinajstić information content (AvgIpc) is 2.54. The van der Waals surface area contributed by atoms with Gasteiger partial charge in [0.25, 0.3) is 10.0 Å². The summed E-state index contributed by atoms with van der Waals surface area (Å²) < 4.78 is 28.3. The number of sulfonamides is 1. The van der Waals surface area contributed by atoms with Gasteiger partial charge in [0.05, 0.1) is 16.1 Å². The summed E-state index contributed by atoms with van der Waals surface area (Å²) in [5.74, 6) is -0.883. The second-order valence-electron chi connectivity index (χ2n) is 6.56. The molecule has 0 heterocycles. The highest BCUT2D eigenvalue weighted by molar-refractivity contribution is 7.92. The number of hydrogen-bond donors (Lipinski definition) is 2. The SMILES string of the molecule is CC(C)c1cccc(C(C)C)c1NS(=O)(=O)c1cccc(C(=O)O)c1. The molecule has 0 radical (unpaired) electrons. The maximum absolute atomic E-state index is 12.8. The lowest BCUT2D eigenvalue weighted by Crippen LogP contribution is -2.17. The van der Waals surface area contributed by atoms with Gasteiger partial charge in [-0.1, -0.05) is 52.0 Å². The van der Waals surface area contributed by atoms with Crippen LogP contribution in [0, 0.1) is 0 Å². The van der Waals surface area contributed by atoms with E-state index in [1.165, 1.54) is 18.2 Å². The zero-order chi connectivity index (χ0) is 18.8. The molecular formula is C19H23NO4S. The molecule has 134 valence electrons. The molecule has 25 heavy (non-hydrogen) atoms. The molecule has 2 rings (SSSR count). The van der Waals surface area contributed by atoms with E-state index in [0.29, 0.717) is 5.69 Å². The normalized spacial score (nSPS) is 11.8. The van der Waals surface area contributed by atoms with E-state index < -0.39 is 16.0 Å². The summed E-state index contributed by atoms with van der Waals surface area (Å²) in [7, 11) is -3.89. The summed E-state index contributed by atoms with van der Waals surface area (Å²) in [6.45, 7) is 8.01. The van der Waals surface area contributed by atoms with Gasteiger partial charge in [0.2, 0.25) is 0 Å². The first kappa shape index (κ1) is 19.0. The van der Waals surface area contributed by atoms with Crippen molar-refractivity contribution in [2.75, 3.05) is 4.72 Å². The van der Waals surface area contributed by atoms with Crippen molar-refractivity contribution in [3.8, 4) is 0 Å². The van der Waals surface area contributed by atoms with Crippen molar-refractivity contribution in [2.45, 2.75) is 44.4 Å². The lowest BCUT2D eigenvalue weighted by atomic mass is 9.93. The molecule has 0 aliphatic carbocycles. The number of carbonyl (C=O) groups is 1. The van der Waals surface area contributed by atoms with Crippen LogP contribution in [0.2, 0.25) is 0 Å². The molecule has 0 aliphatic heterocycles. The van der Waals surface area contributed by atoms with Gasteiger partial charge >= 0.3 is 5.97 Å². The fraction of sp³-hybridized carbons (Fsp3) is 0.316. The van der Waals surface area contributed by atoms with E-state index in [0.717, 1.165) is 17.2 Å². The number of aromatic carboxylic acids is 1. The number of anilines is 1. The molecule has 6 heteroatoms. The van der Waals surface area contributed by atoms with Crippen LogP contribution in [0.1, 0.15) is 61.0 Å². The standard InChI is InChI=1S/C19H23NO4S/c1-12(2)16-9-6-10-17(13(3)4)18(16)20-25(23,24)15-8-5-7-14(11-15)19(21)22/h5-13,20H,1-4H3,(H,21,22). The largest absolute Gasteiger partial charge is 0.478 e. The number of benzene rings is 2. The van der Waals surface area contributed by atoms with Crippen LogP contribution < -0.4 is 4.72 Å². The van der Waals surface area contributed by atoms with Crippen molar-refractivity contribution in [1.82, 2.24) is 0 Å². The van der Waals surface area contributed by atoms with Crippen LogP contribution in [-0.2, 0) is 10.0 Å². The molecule has 0 bridgehead atoms. The van der Waals surface area contributed by atoms with Crippen LogP contribution in [-0.4, -0.2) is 19.5 Å². The highest BCUT2D eigenvalue weighted by atomic mass is 32.2. The fourth-order valence-electron chi connectivity index (χ4n) is 2.66. The molecule has 0 amide bonds. The summed E-state index contributed by atoms with van der Waals surface area (Å²) in [5.41, 5.74) is 2.32. The third-order valence-electron chi connectivity index (χ3n) is 4.00. The van der Waals surface area contributed by atoms with Gasteiger partial charge in [-0.25, -0.2) is 13.2 Å². The van der Waals surface area contributed by atoms with E-state index in [1.807, 2.05) is 45.9 Å². The van der Waals surface area contributed by atoms with E-state index >= 15 is 0 Å². The molecule has 0 atom stereocenters. The molecule has 2 N–H and O–H groups in total. The average molecular weight is 361 g/mol. The molecular weight excluding hydrogens is 338 g/mol. The van der Waals surface area contributed by atoms with Gasteiger partial charge in [-0.3, -0.25) is 4.72 Å². The minimum absolute atomic E-state index is 0.0656. The Labute approximate surface area is 148 Å². The fourth-order valence-corrected chi connectivity index (χ4v) is 3.82. The molecule has 0 unspecified atom stereocenters. The highest BCUT2D eigenvalue weighted by Gasteiger charge is 2.21. The highest BCUT2D eigenvalue weighted by Crippen LogP contribution is 2.34. The molecule has 2 aromatic rings. The third-order valence-corrected chi connectivity index (χ3v) is 5.35. The maximum Gasteiger partial charge on any atom is 0.335 e.